The molecule has 0 aromatic carbocycles. The van der Waals surface area contributed by atoms with Crippen LogP contribution in [0.3, 0.4) is 0 Å². The Bertz CT molecular complexity index is 664. The monoisotopic (exact) mass is 308 g/mol. The average Bonchev–Trinajstić information content (AvgIpc) is 3.00. The van der Waals surface area contributed by atoms with E-state index in [1.165, 1.54) is 22.1 Å². The fourth-order valence-electron chi connectivity index (χ4n) is 1.85. The Morgan fingerprint density at radius 3 is 2.90 bits per heavy atom. The molecule has 0 amide bonds. The Labute approximate surface area is 126 Å². The number of esters is 1. The predicted molar refractivity (Wildman–Crippen MR) is 79.6 cm³/mol. The van der Waals surface area contributed by atoms with Crippen LogP contribution in [0.25, 0.3) is 11.4 Å². The zero-order chi connectivity index (χ0) is 15.2. The number of ether oxygens (including phenoxy) is 2. The lowest BCUT2D eigenvalue weighted by Gasteiger charge is -2.12. The van der Waals surface area contributed by atoms with Crippen molar-refractivity contribution >= 4 is 17.3 Å². The number of carbonyl (C=O) groups is 1. The third kappa shape index (κ3) is 3.37. The molecule has 0 aliphatic rings. The Kier molecular flexibility index (Phi) is 5.24. The molecule has 6 nitrogen and oxygen atoms in total. The second-order valence-electron chi connectivity index (χ2n) is 4.18. The van der Waals surface area contributed by atoms with Gasteiger partial charge in [-0.3, -0.25) is 9.36 Å². The first-order valence-corrected chi connectivity index (χ1v) is 7.41. The van der Waals surface area contributed by atoms with Gasteiger partial charge in [-0.25, -0.2) is 9.78 Å². The minimum absolute atomic E-state index is 0.0630. The number of rotatable bonds is 6. The summed E-state index contributed by atoms with van der Waals surface area (Å²) >= 11 is 1.51. The van der Waals surface area contributed by atoms with E-state index in [1.807, 2.05) is 16.8 Å². The van der Waals surface area contributed by atoms with Gasteiger partial charge in [0.25, 0.3) is 5.56 Å². The highest BCUT2D eigenvalue weighted by Gasteiger charge is 2.18. The maximum Gasteiger partial charge on any atom is 0.345 e. The van der Waals surface area contributed by atoms with Crippen molar-refractivity contribution in [2.24, 2.45) is 0 Å². The van der Waals surface area contributed by atoms with Crippen LogP contribution in [-0.2, 0) is 16.0 Å². The smallest absolute Gasteiger partial charge is 0.345 e. The van der Waals surface area contributed by atoms with Crippen molar-refractivity contribution in [2.75, 3.05) is 20.3 Å². The summed E-state index contributed by atoms with van der Waals surface area (Å²) in [4.78, 5) is 28.5. The van der Waals surface area contributed by atoms with Crippen molar-refractivity contribution in [3.05, 3.63) is 38.9 Å². The maximum atomic E-state index is 12.5. The van der Waals surface area contributed by atoms with Gasteiger partial charge in [0.2, 0.25) is 0 Å². The van der Waals surface area contributed by atoms with E-state index < -0.39 is 11.5 Å². The van der Waals surface area contributed by atoms with E-state index >= 15 is 0 Å². The quantitative estimate of drug-likeness (QED) is 0.761. The van der Waals surface area contributed by atoms with Crippen molar-refractivity contribution in [1.29, 1.82) is 0 Å². The van der Waals surface area contributed by atoms with Gasteiger partial charge in [-0.15, -0.1) is 0 Å². The van der Waals surface area contributed by atoms with Gasteiger partial charge in [-0.2, -0.15) is 11.3 Å². The molecule has 0 bridgehead atoms. The van der Waals surface area contributed by atoms with E-state index in [0.29, 0.717) is 19.0 Å². The Hall–Kier alpha value is -1.99. The summed E-state index contributed by atoms with van der Waals surface area (Å²) in [6.45, 7) is 2.57. The first-order valence-electron chi connectivity index (χ1n) is 6.47. The number of aromatic nitrogens is 2. The van der Waals surface area contributed by atoms with Gasteiger partial charge in [0.05, 0.1) is 19.8 Å². The lowest BCUT2D eigenvalue weighted by atomic mass is 10.2. The maximum absolute atomic E-state index is 12.5. The molecule has 21 heavy (non-hydrogen) atoms. The molecule has 0 aliphatic heterocycles. The van der Waals surface area contributed by atoms with Gasteiger partial charge in [-0.05, 0) is 18.4 Å². The SMILES string of the molecule is CCOC(=O)c1cnc(-c2ccsc2)n(CCOC)c1=O. The second kappa shape index (κ2) is 7.14. The molecule has 0 unspecified atom stereocenters. The van der Waals surface area contributed by atoms with Crippen molar-refractivity contribution in [2.45, 2.75) is 13.5 Å². The summed E-state index contributed by atoms with van der Waals surface area (Å²) in [5, 5.41) is 3.80. The first kappa shape index (κ1) is 15.4. The van der Waals surface area contributed by atoms with E-state index in [2.05, 4.69) is 4.98 Å². The van der Waals surface area contributed by atoms with E-state index in [-0.39, 0.29) is 12.2 Å². The Morgan fingerprint density at radius 2 is 2.29 bits per heavy atom. The molecule has 0 spiro atoms. The van der Waals surface area contributed by atoms with Gasteiger partial charge in [-0.1, -0.05) is 0 Å². The summed E-state index contributed by atoms with van der Waals surface area (Å²) in [7, 11) is 1.55. The summed E-state index contributed by atoms with van der Waals surface area (Å²) in [6.07, 6.45) is 1.27. The van der Waals surface area contributed by atoms with E-state index in [0.717, 1.165) is 5.56 Å². The number of methoxy groups -OCH3 is 1. The third-order valence-corrected chi connectivity index (χ3v) is 3.52. The van der Waals surface area contributed by atoms with Crippen LogP contribution in [0.15, 0.2) is 27.8 Å². The molecule has 2 aromatic heterocycles. The summed E-state index contributed by atoms with van der Waals surface area (Å²) in [6, 6.07) is 1.87. The first-order chi connectivity index (χ1) is 10.2. The van der Waals surface area contributed by atoms with Crippen LogP contribution in [0, 0.1) is 0 Å². The van der Waals surface area contributed by atoms with Crippen LogP contribution < -0.4 is 5.56 Å². The van der Waals surface area contributed by atoms with E-state index in [1.54, 1.807) is 14.0 Å². The molecule has 2 aromatic rings. The minimum atomic E-state index is -0.655. The normalized spacial score (nSPS) is 10.6. The summed E-state index contributed by atoms with van der Waals surface area (Å²) < 4.78 is 11.3. The molecule has 112 valence electrons. The van der Waals surface area contributed by atoms with Gasteiger partial charge in [0.15, 0.2) is 0 Å². The zero-order valence-electron chi connectivity index (χ0n) is 11.9. The van der Waals surface area contributed by atoms with E-state index in [4.69, 9.17) is 9.47 Å². The fraction of sp³-hybridized carbons (Fsp3) is 0.357. The van der Waals surface area contributed by atoms with Crippen LogP contribution in [0.5, 0.6) is 0 Å². The number of thiophene rings is 1. The van der Waals surface area contributed by atoms with Gasteiger partial charge in [0, 0.05) is 24.3 Å². The number of nitrogens with zero attached hydrogens (tertiary/aromatic N) is 2. The van der Waals surface area contributed by atoms with Crippen molar-refractivity contribution in [3.63, 3.8) is 0 Å². The summed E-state index contributed by atoms with van der Waals surface area (Å²) in [5.41, 5.74) is 0.359. The predicted octanol–water partition coefficient (Wildman–Crippen LogP) is 1.79. The molecule has 0 saturated carbocycles. The van der Waals surface area contributed by atoms with Crippen molar-refractivity contribution in [3.8, 4) is 11.4 Å². The highest BCUT2D eigenvalue weighted by Crippen LogP contribution is 2.19. The minimum Gasteiger partial charge on any atom is -0.462 e. The van der Waals surface area contributed by atoms with Crippen LogP contribution in [0.4, 0.5) is 0 Å². The highest BCUT2D eigenvalue weighted by molar-refractivity contribution is 7.08. The molecule has 7 heteroatoms. The average molecular weight is 308 g/mol. The lowest BCUT2D eigenvalue weighted by molar-refractivity contribution is 0.0522. The number of carbonyl (C=O) groups excluding carboxylic acids is 1. The third-order valence-electron chi connectivity index (χ3n) is 2.84. The van der Waals surface area contributed by atoms with Crippen LogP contribution in [0.2, 0.25) is 0 Å². The van der Waals surface area contributed by atoms with Crippen molar-refractivity contribution in [1.82, 2.24) is 9.55 Å². The largest absolute Gasteiger partial charge is 0.462 e. The molecular formula is C14H16N2O4S. The lowest BCUT2D eigenvalue weighted by Crippen LogP contribution is -2.30. The Balaban J connectivity index is 2.50. The molecule has 0 saturated heterocycles. The van der Waals surface area contributed by atoms with Gasteiger partial charge < -0.3 is 9.47 Å². The Morgan fingerprint density at radius 1 is 1.48 bits per heavy atom. The topological polar surface area (TPSA) is 70.4 Å². The molecule has 2 heterocycles. The van der Waals surface area contributed by atoms with E-state index in [9.17, 15) is 9.59 Å². The highest BCUT2D eigenvalue weighted by atomic mass is 32.1. The molecule has 0 radical (unpaired) electrons. The van der Waals surface area contributed by atoms with Crippen molar-refractivity contribution < 1.29 is 14.3 Å². The molecular weight excluding hydrogens is 292 g/mol. The molecule has 0 atom stereocenters. The molecule has 2 rings (SSSR count). The molecule has 0 fully saturated rings. The second-order valence-corrected chi connectivity index (χ2v) is 4.96. The van der Waals surface area contributed by atoms with Crippen LogP contribution in [0.1, 0.15) is 17.3 Å². The standard InChI is InChI=1S/C14H16N2O4S/c1-3-20-14(18)11-8-15-12(10-4-7-21-9-10)16(13(11)17)5-6-19-2/h4,7-9H,3,5-6H2,1-2H3. The number of hydrogen-bond donors (Lipinski definition) is 0. The van der Waals surface area contributed by atoms with Crippen LogP contribution in [-0.4, -0.2) is 35.8 Å². The molecule has 0 aliphatic carbocycles. The van der Waals surface area contributed by atoms with Gasteiger partial charge >= 0.3 is 5.97 Å². The number of hydrogen-bond acceptors (Lipinski definition) is 6. The molecule has 0 N–H and O–H groups in total. The zero-order valence-corrected chi connectivity index (χ0v) is 12.7. The summed E-state index contributed by atoms with van der Waals surface area (Å²) in [5.74, 6) is -0.135. The fourth-order valence-corrected chi connectivity index (χ4v) is 2.49. The van der Waals surface area contributed by atoms with Crippen LogP contribution >= 0.6 is 11.3 Å². The van der Waals surface area contributed by atoms with Gasteiger partial charge in [0.1, 0.15) is 11.4 Å².